The van der Waals surface area contributed by atoms with Crippen molar-refractivity contribution in [1.29, 1.82) is 5.26 Å². The fourth-order valence-corrected chi connectivity index (χ4v) is 3.94. The number of aromatic nitrogens is 2. The quantitative estimate of drug-likeness (QED) is 0.584. The minimum atomic E-state index is -0.995. The van der Waals surface area contributed by atoms with Crippen molar-refractivity contribution in [2.45, 2.75) is 46.2 Å². The highest BCUT2D eigenvalue weighted by atomic mass is 32.1. The molecule has 0 aromatic carbocycles. The number of nitrogens with zero attached hydrogens (tertiary/aromatic N) is 3. The largest absolute Gasteiger partial charge is 0.343 e. The molecule has 0 unspecified atom stereocenters. The molecule has 3 aromatic rings. The first-order valence-corrected chi connectivity index (χ1v) is 10.5. The van der Waals surface area contributed by atoms with Gasteiger partial charge in [-0.25, -0.2) is 0 Å². The highest BCUT2D eigenvalue weighted by Gasteiger charge is 2.22. The molecule has 0 saturated carbocycles. The number of aryl methyl sites for hydroxylation is 1. The number of nitrogens with one attached hydrogen (secondary N) is 1. The number of pyridine rings is 1. The summed E-state index contributed by atoms with van der Waals surface area (Å²) in [5.74, 6) is -0.444. The van der Waals surface area contributed by atoms with Gasteiger partial charge in [0.15, 0.2) is 5.78 Å². The monoisotopic (exact) mass is 420 g/mol. The normalized spacial score (nSPS) is 11.2. The smallest absolute Gasteiger partial charge is 0.271 e. The van der Waals surface area contributed by atoms with Gasteiger partial charge in [-0.05, 0) is 62.9 Å². The lowest BCUT2D eigenvalue weighted by Gasteiger charge is -2.17. The summed E-state index contributed by atoms with van der Waals surface area (Å²) in [7, 11) is 0. The van der Waals surface area contributed by atoms with E-state index in [0.717, 1.165) is 17.9 Å². The molecule has 7 heteroatoms. The first-order valence-electron chi connectivity index (χ1n) is 9.61. The topological polar surface area (TPSA) is 87.8 Å². The molecular formula is C23H24N4O2S. The molecular weight excluding hydrogens is 396 g/mol. The van der Waals surface area contributed by atoms with Crippen LogP contribution in [0.25, 0.3) is 0 Å². The molecule has 0 aliphatic rings. The lowest BCUT2D eigenvalue weighted by atomic mass is 10.0. The van der Waals surface area contributed by atoms with Crippen LogP contribution in [-0.4, -0.2) is 26.8 Å². The Morgan fingerprint density at radius 2 is 2.03 bits per heavy atom. The minimum absolute atomic E-state index is 0.00422. The van der Waals surface area contributed by atoms with Crippen molar-refractivity contribution in [1.82, 2.24) is 14.9 Å². The molecule has 3 rings (SSSR count). The van der Waals surface area contributed by atoms with Crippen molar-refractivity contribution in [3.8, 4) is 6.07 Å². The van der Waals surface area contributed by atoms with E-state index in [0.29, 0.717) is 11.1 Å². The summed E-state index contributed by atoms with van der Waals surface area (Å²) >= 11 is 1.69. The maximum Gasteiger partial charge on any atom is 0.271 e. The third-order valence-electron chi connectivity index (χ3n) is 4.90. The number of ketones is 1. The first-order chi connectivity index (χ1) is 14.2. The van der Waals surface area contributed by atoms with Gasteiger partial charge in [0.2, 0.25) is 0 Å². The number of amides is 1. The maximum atomic E-state index is 13.0. The maximum absolute atomic E-state index is 13.0. The Hall–Kier alpha value is -3.24. The van der Waals surface area contributed by atoms with E-state index in [1.165, 1.54) is 11.1 Å². The van der Waals surface area contributed by atoms with E-state index in [4.69, 9.17) is 5.26 Å². The average molecular weight is 421 g/mol. The molecule has 0 aliphatic carbocycles. The molecule has 30 heavy (non-hydrogen) atoms. The number of thiophene rings is 1. The summed E-state index contributed by atoms with van der Waals surface area (Å²) in [6.45, 7) is 7.94. The van der Waals surface area contributed by atoms with Crippen molar-refractivity contribution in [3.05, 3.63) is 75.0 Å². The van der Waals surface area contributed by atoms with Crippen molar-refractivity contribution in [2.75, 3.05) is 0 Å². The SMILES string of the molecule is Cc1cc(C(=O)Cc2ccnc(C(=O)NC(C)(C)C#N)c2)c(C)n1Cc1cccs1. The second kappa shape index (κ2) is 8.64. The van der Waals surface area contributed by atoms with E-state index in [9.17, 15) is 9.59 Å². The van der Waals surface area contributed by atoms with E-state index in [1.54, 1.807) is 37.3 Å². The molecule has 0 fully saturated rings. The molecule has 154 valence electrons. The molecule has 0 aliphatic heterocycles. The third-order valence-corrected chi connectivity index (χ3v) is 5.76. The van der Waals surface area contributed by atoms with Crippen molar-refractivity contribution in [2.24, 2.45) is 0 Å². The van der Waals surface area contributed by atoms with Gasteiger partial charge < -0.3 is 9.88 Å². The Labute approximate surface area is 180 Å². The molecule has 0 saturated heterocycles. The Morgan fingerprint density at radius 3 is 2.70 bits per heavy atom. The van der Waals surface area contributed by atoms with Crippen LogP contribution in [0, 0.1) is 25.2 Å². The molecule has 3 aromatic heterocycles. The van der Waals surface area contributed by atoms with E-state index in [-0.39, 0.29) is 17.9 Å². The van der Waals surface area contributed by atoms with Gasteiger partial charge >= 0.3 is 0 Å². The second-order valence-corrected chi connectivity index (χ2v) is 8.82. The van der Waals surface area contributed by atoms with Gasteiger partial charge in [0.05, 0.1) is 12.6 Å². The third kappa shape index (κ3) is 4.84. The fraction of sp³-hybridized carbons (Fsp3) is 0.304. The Morgan fingerprint density at radius 1 is 1.27 bits per heavy atom. The molecule has 3 heterocycles. The molecule has 0 bridgehead atoms. The summed E-state index contributed by atoms with van der Waals surface area (Å²) in [6, 6.07) is 11.4. The number of hydrogen-bond donors (Lipinski definition) is 1. The molecule has 0 spiro atoms. The minimum Gasteiger partial charge on any atom is -0.343 e. The van der Waals surface area contributed by atoms with Gasteiger partial charge in [0.1, 0.15) is 11.2 Å². The molecule has 1 N–H and O–H groups in total. The summed E-state index contributed by atoms with van der Waals surface area (Å²) in [5, 5.41) is 13.8. The molecule has 1 amide bonds. The number of hydrogen-bond acceptors (Lipinski definition) is 5. The standard InChI is InChI=1S/C23H24N4O2S/c1-15-10-19(16(2)27(15)13-18-6-5-9-30-18)21(28)12-17-7-8-25-20(11-17)22(29)26-23(3,4)14-24/h5-11H,12-13H2,1-4H3,(H,26,29). The van der Waals surface area contributed by atoms with Crippen molar-refractivity contribution < 1.29 is 9.59 Å². The Bertz CT molecular complexity index is 1120. The van der Waals surface area contributed by atoms with E-state index in [1.807, 2.05) is 37.4 Å². The fourth-order valence-electron chi connectivity index (χ4n) is 3.25. The lowest BCUT2D eigenvalue weighted by Crippen LogP contribution is -2.42. The van der Waals surface area contributed by atoms with Gasteiger partial charge in [0.25, 0.3) is 5.91 Å². The van der Waals surface area contributed by atoms with Crippen LogP contribution < -0.4 is 5.32 Å². The zero-order valence-electron chi connectivity index (χ0n) is 17.5. The number of carbonyl (C=O) groups is 2. The van der Waals surface area contributed by atoms with Crippen LogP contribution in [0.2, 0.25) is 0 Å². The van der Waals surface area contributed by atoms with Crippen molar-refractivity contribution in [3.63, 3.8) is 0 Å². The summed E-state index contributed by atoms with van der Waals surface area (Å²) < 4.78 is 2.15. The Balaban J connectivity index is 1.77. The van der Waals surface area contributed by atoms with E-state index < -0.39 is 11.4 Å². The number of carbonyl (C=O) groups excluding carboxylic acids is 2. The highest BCUT2D eigenvalue weighted by Crippen LogP contribution is 2.21. The zero-order chi connectivity index (χ0) is 21.9. The van der Waals surface area contributed by atoms with Crippen LogP contribution in [0.5, 0.6) is 0 Å². The molecule has 6 nitrogen and oxygen atoms in total. The molecule has 0 atom stereocenters. The van der Waals surface area contributed by atoms with Gasteiger partial charge in [-0.15, -0.1) is 11.3 Å². The summed E-state index contributed by atoms with van der Waals surface area (Å²) in [5.41, 5.74) is 2.57. The predicted molar refractivity (Wildman–Crippen MR) is 117 cm³/mol. The lowest BCUT2D eigenvalue weighted by molar-refractivity contribution is 0.0922. The van der Waals surface area contributed by atoms with Gasteiger partial charge in [-0.1, -0.05) is 6.07 Å². The van der Waals surface area contributed by atoms with E-state index in [2.05, 4.69) is 20.9 Å². The van der Waals surface area contributed by atoms with Gasteiger partial charge in [0, 0.05) is 34.4 Å². The zero-order valence-corrected chi connectivity index (χ0v) is 18.3. The number of Topliss-reactive ketones (excluding diaryl/α,β-unsaturated/α-hetero) is 1. The second-order valence-electron chi connectivity index (χ2n) is 7.79. The summed E-state index contributed by atoms with van der Waals surface area (Å²) in [4.78, 5) is 30.7. The molecule has 0 radical (unpaired) electrons. The first kappa shape index (κ1) is 21.5. The number of nitriles is 1. The van der Waals surface area contributed by atoms with E-state index >= 15 is 0 Å². The van der Waals surface area contributed by atoms with Crippen LogP contribution in [0.3, 0.4) is 0 Å². The van der Waals surface area contributed by atoms with Crippen LogP contribution in [0.15, 0.2) is 41.9 Å². The Kier molecular flexibility index (Phi) is 6.18. The van der Waals surface area contributed by atoms with Crippen LogP contribution in [-0.2, 0) is 13.0 Å². The van der Waals surface area contributed by atoms with Crippen LogP contribution in [0.1, 0.15) is 56.5 Å². The van der Waals surface area contributed by atoms with Crippen LogP contribution in [0.4, 0.5) is 0 Å². The van der Waals surface area contributed by atoms with Crippen molar-refractivity contribution >= 4 is 23.0 Å². The van der Waals surface area contributed by atoms with Gasteiger partial charge in [-0.2, -0.15) is 5.26 Å². The predicted octanol–water partition coefficient (Wildman–Crippen LogP) is 4.07. The average Bonchev–Trinajstić information content (AvgIpc) is 3.31. The van der Waals surface area contributed by atoms with Crippen LogP contribution >= 0.6 is 11.3 Å². The highest BCUT2D eigenvalue weighted by molar-refractivity contribution is 7.09. The summed E-state index contributed by atoms with van der Waals surface area (Å²) in [6.07, 6.45) is 1.69. The van der Waals surface area contributed by atoms with Gasteiger partial charge in [-0.3, -0.25) is 14.6 Å². The number of rotatable bonds is 7.